The van der Waals surface area contributed by atoms with Crippen LogP contribution in [0.4, 0.5) is 26.3 Å². The van der Waals surface area contributed by atoms with E-state index in [4.69, 9.17) is 0 Å². The van der Waals surface area contributed by atoms with Crippen LogP contribution < -0.4 is 0 Å². The van der Waals surface area contributed by atoms with Gasteiger partial charge in [0, 0.05) is 12.4 Å². The summed E-state index contributed by atoms with van der Waals surface area (Å²) in [4.78, 5) is 7.64. The number of nitrogens with zero attached hydrogens (tertiary/aromatic N) is 2. The fourth-order valence-electron chi connectivity index (χ4n) is 3.00. The van der Waals surface area contributed by atoms with Crippen LogP contribution in [0.25, 0.3) is 6.08 Å². The van der Waals surface area contributed by atoms with Gasteiger partial charge < -0.3 is 0 Å². The lowest BCUT2D eigenvalue weighted by atomic mass is 9.75. The molecule has 8 heteroatoms. The van der Waals surface area contributed by atoms with Gasteiger partial charge in [-0.05, 0) is 18.1 Å². The van der Waals surface area contributed by atoms with Gasteiger partial charge in [-0.3, -0.25) is 9.97 Å². The highest BCUT2D eigenvalue weighted by Gasteiger charge is 2.56. The van der Waals surface area contributed by atoms with Crippen molar-refractivity contribution in [3.8, 4) is 0 Å². The van der Waals surface area contributed by atoms with E-state index in [0.717, 1.165) is 6.20 Å². The minimum absolute atomic E-state index is 0.0165. The van der Waals surface area contributed by atoms with Crippen LogP contribution in [0, 0.1) is 0 Å². The first-order valence-corrected chi connectivity index (χ1v) is 7.07. The first-order chi connectivity index (χ1) is 11.4. The van der Waals surface area contributed by atoms with E-state index >= 15 is 0 Å². The van der Waals surface area contributed by atoms with E-state index in [1.54, 1.807) is 6.92 Å². The third-order valence-electron chi connectivity index (χ3n) is 4.02. The van der Waals surface area contributed by atoms with Crippen molar-refractivity contribution in [2.45, 2.75) is 25.2 Å². The first-order valence-electron chi connectivity index (χ1n) is 7.07. The summed E-state index contributed by atoms with van der Waals surface area (Å²) in [6, 6.07) is 0. The zero-order valence-electron chi connectivity index (χ0n) is 12.3. The Balaban J connectivity index is 2.45. The summed E-state index contributed by atoms with van der Waals surface area (Å²) in [5.41, 5.74) is -3.36. The summed E-state index contributed by atoms with van der Waals surface area (Å²) in [6.45, 7) is 1.67. The van der Waals surface area contributed by atoms with Crippen LogP contribution in [0.5, 0.6) is 0 Å². The summed E-state index contributed by atoms with van der Waals surface area (Å²) in [5.74, 6) is -13.4. The van der Waals surface area contributed by atoms with E-state index in [0.29, 0.717) is 6.42 Å². The van der Waals surface area contributed by atoms with E-state index in [9.17, 15) is 26.3 Å². The normalized spacial score (nSPS) is 19.9. The Morgan fingerprint density at radius 2 is 1.38 bits per heavy atom. The average molecular weight is 344 g/mol. The number of fused-ring (bicyclic) bond motifs is 2. The van der Waals surface area contributed by atoms with Crippen LogP contribution in [0.3, 0.4) is 0 Å². The quantitative estimate of drug-likeness (QED) is 0.674. The number of hydrogen-bond acceptors (Lipinski definition) is 2. The third-order valence-corrected chi connectivity index (χ3v) is 4.02. The summed E-state index contributed by atoms with van der Waals surface area (Å²) in [6.07, 6.45) is 3.91. The monoisotopic (exact) mass is 344 g/mol. The van der Waals surface area contributed by atoms with Crippen LogP contribution in [-0.4, -0.2) is 9.97 Å². The summed E-state index contributed by atoms with van der Waals surface area (Å²) >= 11 is 0. The molecule has 0 aliphatic heterocycles. The molecular formula is C16H10F6N2. The molecular weight excluding hydrogens is 334 g/mol. The van der Waals surface area contributed by atoms with Gasteiger partial charge in [-0.15, -0.1) is 0 Å². The lowest BCUT2D eigenvalue weighted by Gasteiger charge is -2.29. The third kappa shape index (κ3) is 1.91. The predicted octanol–water partition coefficient (Wildman–Crippen LogP) is 5.38. The zero-order chi connectivity index (χ0) is 17.6. The average Bonchev–Trinajstić information content (AvgIpc) is 2.90. The molecule has 1 heterocycles. The van der Waals surface area contributed by atoms with Crippen molar-refractivity contribution in [1.29, 1.82) is 0 Å². The van der Waals surface area contributed by atoms with Crippen molar-refractivity contribution in [3.63, 3.8) is 0 Å². The largest absolute Gasteiger partial charge is 0.256 e. The number of rotatable bonds is 2. The van der Waals surface area contributed by atoms with Crippen LogP contribution in [0.1, 0.15) is 31.2 Å². The van der Waals surface area contributed by atoms with Crippen LogP contribution in [-0.2, 0) is 5.41 Å². The first kappa shape index (κ1) is 16.5. The molecule has 0 fully saturated rings. The van der Waals surface area contributed by atoms with Crippen LogP contribution in [0.15, 0.2) is 52.9 Å². The minimum atomic E-state index is -2.78. The Morgan fingerprint density at radius 3 is 1.92 bits per heavy atom. The lowest BCUT2D eigenvalue weighted by molar-refractivity contribution is 0.369. The molecule has 24 heavy (non-hydrogen) atoms. The Kier molecular flexibility index (Phi) is 3.85. The molecule has 1 aromatic heterocycles. The Hall–Kier alpha value is -2.38. The molecule has 3 rings (SSSR count). The molecule has 0 unspecified atom stereocenters. The van der Waals surface area contributed by atoms with Gasteiger partial charge in [0.2, 0.25) is 0 Å². The molecule has 0 atom stereocenters. The molecule has 126 valence electrons. The van der Waals surface area contributed by atoms with Crippen molar-refractivity contribution in [2.24, 2.45) is 0 Å². The Morgan fingerprint density at radius 1 is 0.833 bits per heavy atom. The summed E-state index contributed by atoms with van der Waals surface area (Å²) < 4.78 is 84.8. The molecule has 1 aromatic rings. The van der Waals surface area contributed by atoms with Gasteiger partial charge in [0.15, 0.2) is 35.0 Å². The molecule has 2 aliphatic rings. The predicted molar refractivity (Wildman–Crippen MR) is 74.3 cm³/mol. The highest BCUT2D eigenvalue weighted by Crippen LogP contribution is 2.57. The maximum atomic E-state index is 14.8. The second-order valence-electron chi connectivity index (χ2n) is 5.34. The van der Waals surface area contributed by atoms with E-state index in [1.807, 2.05) is 0 Å². The molecule has 0 amide bonds. The van der Waals surface area contributed by atoms with Crippen LogP contribution in [0.2, 0.25) is 0 Å². The van der Waals surface area contributed by atoms with E-state index < -0.39 is 46.1 Å². The van der Waals surface area contributed by atoms with E-state index in [1.165, 1.54) is 12.3 Å². The fourth-order valence-corrected chi connectivity index (χ4v) is 3.00. The van der Waals surface area contributed by atoms with Gasteiger partial charge in [-0.2, -0.15) is 0 Å². The highest BCUT2D eigenvalue weighted by atomic mass is 19.2. The molecule has 0 radical (unpaired) electrons. The number of hydrogen-bond donors (Lipinski definition) is 0. The molecule has 1 spiro atoms. The molecule has 2 aliphatic carbocycles. The maximum absolute atomic E-state index is 14.8. The standard InChI is InChI=1S/C16H10F6N2/c1-2-3-7-6-8-15(24-5-4-23-8)16(7)13(21)11(19)9(17)10(18)12(20)14(16)22/h4-6H,2-3H2,1H3. The lowest BCUT2D eigenvalue weighted by Crippen LogP contribution is -2.31. The second-order valence-corrected chi connectivity index (χ2v) is 5.34. The highest BCUT2D eigenvalue weighted by molar-refractivity contribution is 5.73. The summed E-state index contributed by atoms with van der Waals surface area (Å²) in [5, 5.41) is 0. The van der Waals surface area contributed by atoms with Crippen LogP contribution >= 0.6 is 0 Å². The van der Waals surface area contributed by atoms with Gasteiger partial charge in [0.05, 0.1) is 11.4 Å². The van der Waals surface area contributed by atoms with E-state index in [-0.39, 0.29) is 17.7 Å². The SMILES string of the molecule is CCCC1=Cc2nccnc2C12C(F)=C(F)C(F)=C(F)C(F)=C2F. The molecule has 0 N–H and O–H groups in total. The molecule has 0 saturated heterocycles. The Bertz CT molecular complexity index is 816. The summed E-state index contributed by atoms with van der Waals surface area (Å²) in [7, 11) is 0. The number of halogens is 6. The van der Waals surface area contributed by atoms with Crippen molar-refractivity contribution in [1.82, 2.24) is 9.97 Å². The van der Waals surface area contributed by atoms with E-state index in [2.05, 4.69) is 9.97 Å². The van der Waals surface area contributed by atoms with Crippen molar-refractivity contribution in [2.75, 3.05) is 0 Å². The topological polar surface area (TPSA) is 25.8 Å². The van der Waals surface area contributed by atoms with Gasteiger partial charge >= 0.3 is 0 Å². The van der Waals surface area contributed by atoms with Crippen molar-refractivity contribution >= 4 is 6.08 Å². The zero-order valence-corrected chi connectivity index (χ0v) is 12.3. The van der Waals surface area contributed by atoms with Crippen molar-refractivity contribution in [3.05, 3.63) is 64.3 Å². The number of allylic oxidation sites excluding steroid dienone is 7. The van der Waals surface area contributed by atoms with Gasteiger partial charge in [-0.25, -0.2) is 26.3 Å². The number of aromatic nitrogens is 2. The van der Waals surface area contributed by atoms with Crippen molar-refractivity contribution < 1.29 is 26.3 Å². The molecule has 0 saturated carbocycles. The molecule has 0 bridgehead atoms. The smallest absolute Gasteiger partial charge is 0.200 e. The second kappa shape index (κ2) is 5.61. The van der Waals surface area contributed by atoms with Gasteiger partial charge in [0.25, 0.3) is 0 Å². The molecule has 0 aromatic carbocycles. The minimum Gasteiger partial charge on any atom is -0.256 e. The fraction of sp³-hybridized carbons (Fsp3) is 0.250. The van der Waals surface area contributed by atoms with Gasteiger partial charge in [0.1, 0.15) is 5.41 Å². The Labute approximate surface area is 132 Å². The van der Waals surface area contributed by atoms with Gasteiger partial charge in [-0.1, -0.05) is 13.3 Å². The molecule has 2 nitrogen and oxygen atoms in total. The maximum Gasteiger partial charge on any atom is 0.200 e.